The molecule has 6 heteroatoms. The highest BCUT2D eigenvalue weighted by atomic mass is 19.4. The summed E-state index contributed by atoms with van der Waals surface area (Å²) in [7, 11) is 0. The van der Waals surface area contributed by atoms with Gasteiger partial charge in [-0.25, -0.2) is 9.37 Å². The van der Waals surface area contributed by atoms with Gasteiger partial charge in [0.2, 0.25) is 5.89 Å². The van der Waals surface area contributed by atoms with Crippen LogP contribution in [0.2, 0.25) is 0 Å². The van der Waals surface area contributed by atoms with Crippen molar-refractivity contribution in [2.24, 2.45) is 0 Å². The van der Waals surface area contributed by atoms with E-state index in [1.165, 1.54) is 6.26 Å². The van der Waals surface area contributed by atoms with Gasteiger partial charge >= 0.3 is 6.18 Å². The maximum absolute atomic E-state index is 13.4. The number of hydrogen-bond donors (Lipinski definition) is 0. The Morgan fingerprint density at radius 1 is 1.24 bits per heavy atom. The number of halogens is 4. The van der Waals surface area contributed by atoms with Crippen LogP contribution in [0.15, 0.2) is 28.9 Å². The Bertz CT molecular complexity index is 545. The predicted octanol–water partition coefficient (Wildman–Crippen LogP) is 3.81. The Balaban J connectivity index is 2.54. The van der Waals surface area contributed by atoms with Gasteiger partial charge in [0, 0.05) is 0 Å². The topological polar surface area (TPSA) is 26.0 Å². The number of hydrogen-bond acceptors (Lipinski definition) is 2. The van der Waals surface area contributed by atoms with Crippen molar-refractivity contribution in [3.63, 3.8) is 0 Å². The predicted molar refractivity (Wildman–Crippen MR) is 51.6 cm³/mol. The zero-order chi connectivity index (χ0) is 12.6. The van der Waals surface area contributed by atoms with Gasteiger partial charge in [0.1, 0.15) is 12.1 Å². The molecule has 2 rings (SSSR count). The van der Waals surface area contributed by atoms with Gasteiger partial charge in [-0.2, -0.15) is 13.2 Å². The third-order valence-electron chi connectivity index (χ3n) is 2.14. The molecule has 0 aliphatic carbocycles. The van der Waals surface area contributed by atoms with Crippen molar-refractivity contribution in [3.05, 3.63) is 41.5 Å². The van der Waals surface area contributed by atoms with E-state index in [2.05, 4.69) is 4.98 Å². The van der Waals surface area contributed by atoms with Crippen molar-refractivity contribution in [2.75, 3.05) is 0 Å². The first-order valence-corrected chi connectivity index (χ1v) is 4.67. The molecule has 0 saturated carbocycles. The number of rotatable bonds is 1. The largest absolute Gasteiger partial charge is 0.444 e. The molecule has 0 radical (unpaired) electrons. The Morgan fingerprint density at radius 2 is 1.94 bits per heavy atom. The lowest BCUT2D eigenvalue weighted by atomic mass is 10.1. The van der Waals surface area contributed by atoms with Crippen LogP contribution in [0.4, 0.5) is 17.6 Å². The summed E-state index contributed by atoms with van der Waals surface area (Å²) in [4.78, 5) is 3.79. The second-order valence-electron chi connectivity index (χ2n) is 3.49. The van der Waals surface area contributed by atoms with E-state index < -0.39 is 17.6 Å². The fraction of sp³-hybridized carbons (Fsp3) is 0.182. The number of aromatic nitrogens is 1. The first kappa shape index (κ1) is 11.6. The van der Waals surface area contributed by atoms with Crippen LogP contribution in [-0.4, -0.2) is 4.98 Å². The van der Waals surface area contributed by atoms with Gasteiger partial charge in [0.25, 0.3) is 0 Å². The van der Waals surface area contributed by atoms with E-state index in [9.17, 15) is 17.6 Å². The van der Waals surface area contributed by atoms with Crippen molar-refractivity contribution < 1.29 is 22.0 Å². The second kappa shape index (κ2) is 3.87. The summed E-state index contributed by atoms with van der Waals surface area (Å²) in [5.41, 5.74) is -0.769. The monoisotopic (exact) mass is 245 g/mol. The third-order valence-corrected chi connectivity index (χ3v) is 2.14. The van der Waals surface area contributed by atoms with E-state index in [0.717, 1.165) is 6.07 Å². The number of alkyl halides is 3. The van der Waals surface area contributed by atoms with Crippen molar-refractivity contribution in [2.45, 2.75) is 13.1 Å². The van der Waals surface area contributed by atoms with Crippen molar-refractivity contribution >= 4 is 0 Å². The molecule has 0 N–H and O–H groups in total. The first-order chi connectivity index (χ1) is 7.88. The SMILES string of the molecule is Cc1coc(-c2cc(C(F)(F)F)ccc2F)n1. The number of nitrogens with zero attached hydrogens (tertiary/aromatic N) is 1. The standard InChI is InChI=1S/C11H7F4NO/c1-6-5-17-10(16-6)8-4-7(11(13,14)15)2-3-9(8)12/h2-5H,1H3. The Hall–Kier alpha value is -1.85. The van der Waals surface area contributed by atoms with Crippen LogP contribution in [-0.2, 0) is 6.18 Å². The molecule has 1 aromatic carbocycles. The lowest BCUT2D eigenvalue weighted by Crippen LogP contribution is -2.05. The minimum absolute atomic E-state index is 0.161. The van der Waals surface area contributed by atoms with Gasteiger partial charge in [0.15, 0.2) is 0 Å². The third kappa shape index (κ3) is 2.30. The Labute approximate surface area is 93.9 Å². The molecule has 0 aliphatic heterocycles. The molecule has 0 unspecified atom stereocenters. The quantitative estimate of drug-likeness (QED) is 0.714. The maximum atomic E-state index is 13.4. The molecule has 0 amide bonds. The summed E-state index contributed by atoms with van der Waals surface area (Å²) in [5, 5.41) is 0. The molecule has 90 valence electrons. The average molecular weight is 245 g/mol. The highest BCUT2D eigenvalue weighted by Crippen LogP contribution is 2.33. The zero-order valence-corrected chi connectivity index (χ0v) is 8.68. The van der Waals surface area contributed by atoms with Gasteiger partial charge in [-0.1, -0.05) is 0 Å². The maximum Gasteiger partial charge on any atom is 0.416 e. The molecular formula is C11H7F4NO. The van der Waals surface area contributed by atoms with E-state index in [1.54, 1.807) is 6.92 Å². The second-order valence-corrected chi connectivity index (χ2v) is 3.49. The lowest BCUT2D eigenvalue weighted by molar-refractivity contribution is -0.137. The minimum Gasteiger partial charge on any atom is -0.444 e. The minimum atomic E-state index is -4.52. The van der Waals surface area contributed by atoms with Crippen LogP contribution in [0.3, 0.4) is 0 Å². The smallest absolute Gasteiger partial charge is 0.416 e. The zero-order valence-electron chi connectivity index (χ0n) is 8.68. The molecular weight excluding hydrogens is 238 g/mol. The Kier molecular flexibility index (Phi) is 2.65. The first-order valence-electron chi connectivity index (χ1n) is 4.67. The van der Waals surface area contributed by atoms with Gasteiger partial charge in [-0.3, -0.25) is 0 Å². The van der Waals surface area contributed by atoms with Crippen LogP contribution in [0, 0.1) is 12.7 Å². The van der Waals surface area contributed by atoms with Gasteiger partial charge in [-0.05, 0) is 25.1 Å². The number of benzene rings is 1. The molecule has 0 saturated heterocycles. The van der Waals surface area contributed by atoms with Crippen LogP contribution in [0.1, 0.15) is 11.3 Å². The molecule has 0 spiro atoms. The summed E-state index contributed by atoms with van der Waals surface area (Å²) >= 11 is 0. The van der Waals surface area contributed by atoms with E-state index in [-0.39, 0.29) is 11.5 Å². The molecule has 0 fully saturated rings. The summed E-state index contributed by atoms with van der Waals surface area (Å²) < 4.78 is 55.6. The normalized spacial score (nSPS) is 11.8. The van der Waals surface area contributed by atoms with E-state index in [4.69, 9.17) is 4.42 Å². The van der Waals surface area contributed by atoms with E-state index in [1.807, 2.05) is 0 Å². The number of oxazole rings is 1. The van der Waals surface area contributed by atoms with Gasteiger partial charge < -0.3 is 4.42 Å². The molecule has 2 nitrogen and oxygen atoms in total. The molecule has 0 bridgehead atoms. The van der Waals surface area contributed by atoms with Crippen LogP contribution in [0.5, 0.6) is 0 Å². The molecule has 1 heterocycles. The fourth-order valence-corrected chi connectivity index (χ4v) is 1.34. The molecule has 17 heavy (non-hydrogen) atoms. The molecule has 2 aromatic rings. The summed E-state index contributed by atoms with van der Waals surface area (Å²) in [6.07, 6.45) is -3.28. The van der Waals surface area contributed by atoms with E-state index >= 15 is 0 Å². The van der Waals surface area contributed by atoms with Crippen LogP contribution < -0.4 is 0 Å². The highest BCUT2D eigenvalue weighted by Gasteiger charge is 2.31. The van der Waals surface area contributed by atoms with Crippen molar-refractivity contribution in [1.29, 1.82) is 0 Å². The summed E-state index contributed by atoms with van der Waals surface area (Å²) in [6, 6.07) is 2.10. The number of aryl methyl sites for hydroxylation is 1. The highest BCUT2D eigenvalue weighted by molar-refractivity contribution is 5.56. The molecule has 1 aromatic heterocycles. The van der Waals surface area contributed by atoms with Crippen LogP contribution >= 0.6 is 0 Å². The van der Waals surface area contributed by atoms with Crippen molar-refractivity contribution in [1.82, 2.24) is 4.98 Å². The van der Waals surface area contributed by atoms with E-state index in [0.29, 0.717) is 17.8 Å². The molecule has 0 aliphatic rings. The summed E-state index contributed by atoms with van der Waals surface area (Å²) in [6.45, 7) is 1.60. The van der Waals surface area contributed by atoms with Gasteiger partial charge in [0.05, 0.1) is 16.8 Å². The average Bonchev–Trinajstić information content (AvgIpc) is 2.63. The lowest BCUT2D eigenvalue weighted by Gasteiger charge is -2.07. The fourth-order valence-electron chi connectivity index (χ4n) is 1.34. The summed E-state index contributed by atoms with van der Waals surface area (Å²) in [5.74, 6) is -0.967. The Morgan fingerprint density at radius 3 is 2.47 bits per heavy atom. The van der Waals surface area contributed by atoms with Crippen LogP contribution in [0.25, 0.3) is 11.5 Å². The molecule has 0 atom stereocenters. The van der Waals surface area contributed by atoms with Gasteiger partial charge in [-0.15, -0.1) is 0 Å². The van der Waals surface area contributed by atoms with Crippen molar-refractivity contribution in [3.8, 4) is 11.5 Å².